The average molecular weight is 376 g/mol. The summed E-state index contributed by atoms with van der Waals surface area (Å²) in [6.45, 7) is 8.65. The van der Waals surface area contributed by atoms with Crippen LogP contribution in [0.2, 0.25) is 0 Å². The minimum absolute atomic E-state index is 0.103. The van der Waals surface area contributed by atoms with Gasteiger partial charge in [-0.2, -0.15) is 0 Å². The van der Waals surface area contributed by atoms with Crippen molar-refractivity contribution in [2.45, 2.75) is 103 Å². The van der Waals surface area contributed by atoms with Gasteiger partial charge >= 0.3 is 0 Å². The molecule has 0 heterocycles. The third-order valence-corrected chi connectivity index (χ3v) is 10.5. The van der Waals surface area contributed by atoms with Crippen molar-refractivity contribution >= 4 is 0 Å². The second-order valence-corrected chi connectivity index (χ2v) is 11.4. The SMILES string of the molecule is CC[C@H]1CC2(N)C3CCC(CCCOC)C3(C)CC[C@@H]2C2(C)CCCCC12. The Bertz CT molecular complexity index is 534. The standard InChI is InChI=1S/C25H45NO/c1-5-18-17-25(26)21-12-11-19(9-8-16-27-4)23(21,2)15-13-22(25)24(3)14-7-6-10-20(18)24/h18-22H,5-17,26H2,1-4H3/t18-,19?,20?,21?,22+,23?,24?,25?/m0/s1. The van der Waals surface area contributed by atoms with E-state index in [0.29, 0.717) is 10.8 Å². The molecule has 0 amide bonds. The van der Waals surface area contributed by atoms with Gasteiger partial charge in [0.05, 0.1) is 0 Å². The third kappa shape index (κ3) is 2.95. The zero-order valence-corrected chi connectivity index (χ0v) is 18.6. The van der Waals surface area contributed by atoms with Gasteiger partial charge in [-0.1, -0.05) is 40.0 Å². The Morgan fingerprint density at radius 1 is 0.963 bits per heavy atom. The normalized spacial score (nSPS) is 52.1. The highest BCUT2D eigenvalue weighted by atomic mass is 16.5. The van der Waals surface area contributed by atoms with Crippen LogP contribution in [0.4, 0.5) is 0 Å². The summed E-state index contributed by atoms with van der Waals surface area (Å²) in [5, 5.41) is 0. The average Bonchev–Trinajstić information content (AvgIpc) is 2.98. The van der Waals surface area contributed by atoms with E-state index in [0.717, 1.165) is 36.2 Å². The lowest BCUT2D eigenvalue weighted by atomic mass is 9.40. The van der Waals surface area contributed by atoms with Gasteiger partial charge in [0.25, 0.3) is 0 Å². The van der Waals surface area contributed by atoms with E-state index < -0.39 is 0 Å². The Labute approximate surface area is 168 Å². The lowest BCUT2D eigenvalue weighted by Crippen LogP contribution is -2.69. The van der Waals surface area contributed by atoms with E-state index in [1.54, 1.807) is 0 Å². The highest BCUT2D eigenvalue weighted by Gasteiger charge is 2.66. The van der Waals surface area contributed by atoms with Crippen LogP contribution in [0.15, 0.2) is 0 Å². The number of hydrogen-bond acceptors (Lipinski definition) is 2. The van der Waals surface area contributed by atoms with Crippen molar-refractivity contribution in [3.8, 4) is 0 Å². The van der Waals surface area contributed by atoms with Crippen LogP contribution in [0.3, 0.4) is 0 Å². The zero-order valence-electron chi connectivity index (χ0n) is 18.6. The molecule has 2 N–H and O–H groups in total. The summed E-state index contributed by atoms with van der Waals surface area (Å²) < 4.78 is 5.35. The van der Waals surface area contributed by atoms with Crippen LogP contribution in [-0.4, -0.2) is 19.3 Å². The van der Waals surface area contributed by atoms with Gasteiger partial charge < -0.3 is 10.5 Å². The lowest BCUT2D eigenvalue weighted by molar-refractivity contribution is -0.149. The second-order valence-electron chi connectivity index (χ2n) is 11.4. The van der Waals surface area contributed by atoms with Crippen molar-refractivity contribution in [1.82, 2.24) is 0 Å². The van der Waals surface area contributed by atoms with Gasteiger partial charge in [0, 0.05) is 19.3 Å². The second kappa shape index (κ2) is 7.31. The molecule has 0 spiro atoms. The highest BCUT2D eigenvalue weighted by Crippen LogP contribution is 2.69. The topological polar surface area (TPSA) is 35.2 Å². The molecule has 0 saturated heterocycles. The summed E-state index contributed by atoms with van der Waals surface area (Å²) >= 11 is 0. The van der Waals surface area contributed by atoms with Crippen LogP contribution in [0.25, 0.3) is 0 Å². The first-order valence-electron chi connectivity index (χ1n) is 12.2. The molecule has 8 atom stereocenters. The van der Waals surface area contributed by atoms with Crippen LogP contribution in [0.1, 0.15) is 97.8 Å². The third-order valence-electron chi connectivity index (χ3n) is 10.5. The molecule has 0 radical (unpaired) electrons. The number of nitrogens with two attached hydrogens (primary N) is 1. The van der Waals surface area contributed by atoms with Gasteiger partial charge in [-0.3, -0.25) is 0 Å². The maximum absolute atomic E-state index is 7.59. The minimum atomic E-state index is 0.103. The quantitative estimate of drug-likeness (QED) is 0.582. The largest absolute Gasteiger partial charge is 0.385 e. The molecule has 0 aromatic heterocycles. The molecule has 0 aromatic carbocycles. The molecule has 6 unspecified atom stereocenters. The number of hydrogen-bond donors (Lipinski definition) is 1. The molecule has 2 nitrogen and oxygen atoms in total. The van der Waals surface area contributed by atoms with Crippen molar-refractivity contribution in [2.75, 3.05) is 13.7 Å². The fraction of sp³-hybridized carbons (Fsp3) is 1.00. The van der Waals surface area contributed by atoms with Gasteiger partial charge in [0.2, 0.25) is 0 Å². The molecule has 0 bridgehead atoms. The van der Waals surface area contributed by atoms with E-state index in [2.05, 4.69) is 20.8 Å². The van der Waals surface area contributed by atoms with E-state index in [4.69, 9.17) is 10.5 Å². The van der Waals surface area contributed by atoms with E-state index in [1.165, 1.54) is 77.0 Å². The van der Waals surface area contributed by atoms with Crippen LogP contribution in [0, 0.1) is 40.4 Å². The monoisotopic (exact) mass is 375 g/mol. The van der Waals surface area contributed by atoms with Crippen LogP contribution in [0.5, 0.6) is 0 Å². The van der Waals surface area contributed by atoms with Crippen LogP contribution < -0.4 is 5.73 Å². The Balaban J connectivity index is 1.62. The number of fused-ring (bicyclic) bond motifs is 5. The molecule has 4 rings (SSSR count). The fourth-order valence-corrected chi connectivity index (χ4v) is 9.33. The Hall–Kier alpha value is -0.0800. The smallest absolute Gasteiger partial charge is 0.0462 e. The van der Waals surface area contributed by atoms with Gasteiger partial charge in [-0.25, -0.2) is 0 Å². The zero-order chi connectivity index (χ0) is 19.3. The number of ether oxygens (including phenoxy) is 1. The van der Waals surface area contributed by atoms with E-state index in [-0.39, 0.29) is 5.54 Å². The maximum Gasteiger partial charge on any atom is 0.0462 e. The van der Waals surface area contributed by atoms with E-state index in [1.807, 2.05) is 7.11 Å². The summed E-state index contributed by atoms with van der Waals surface area (Å²) in [6.07, 6.45) is 16.7. The van der Waals surface area contributed by atoms with Crippen molar-refractivity contribution in [2.24, 2.45) is 46.2 Å². The van der Waals surface area contributed by atoms with Gasteiger partial charge in [0.1, 0.15) is 0 Å². The molecule has 156 valence electrons. The first kappa shape index (κ1) is 20.2. The number of rotatable bonds is 5. The molecule has 27 heavy (non-hydrogen) atoms. The molecule has 0 aliphatic heterocycles. The van der Waals surface area contributed by atoms with Crippen molar-refractivity contribution in [3.05, 3.63) is 0 Å². The van der Waals surface area contributed by atoms with Crippen molar-refractivity contribution in [1.29, 1.82) is 0 Å². The molecular formula is C25H45NO. The molecule has 0 aromatic rings. The van der Waals surface area contributed by atoms with Crippen molar-refractivity contribution < 1.29 is 4.74 Å². The van der Waals surface area contributed by atoms with Crippen molar-refractivity contribution in [3.63, 3.8) is 0 Å². The predicted octanol–water partition coefficient (Wildman–Crippen LogP) is 6.18. The Kier molecular flexibility index (Phi) is 5.47. The summed E-state index contributed by atoms with van der Waals surface area (Å²) in [6, 6.07) is 0. The summed E-state index contributed by atoms with van der Waals surface area (Å²) in [5.74, 6) is 4.21. The predicted molar refractivity (Wildman–Crippen MR) is 114 cm³/mol. The van der Waals surface area contributed by atoms with Gasteiger partial charge in [-0.15, -0.1) is 0 Å². The van der Waals surface area contributed by atoms with E-state index in [9.17, 15) is 0 Å². The lowest BCUT2D eigenvalue weighted by Gasteiger charge is -2.67. The molecule has 4 aliphatic carbocycles. The first-order chi connectivity index (χ1) is 12.9. The fourth-order valence-electron chi connectivity index (χ4n) is 9.33. The maximum atomic E-state index is 7.59. The van der Waals surface area contributed by atoms with Gasteiger partial charge in [0.15, 0.2) is 0 Å². The Morgan fingerprint density at radius 3 is 2.48 bits per heavy atom. The van der Waals surface area contributed by atoms with Crippen LogP contribution >= 0.6 is 0 Å². The first-order valence-corrected chi connectivity index (χ1v) is 12.2. The van der Waals surface area contributed by atoms with Crippen LogP contribution in [-0.2, 0) is 4.74 Å². The molecule has 4 aliphatic rings. The highest BCUT2D eigenvalue weighted by molar-refractivity contribution is 5.19. The molecular weight excluding hydrogens is 330 g/mol. The van der Waals surface area contributed by atoms with Gasteiger partial charge in [-0.05, 0) is 98.2 Å². The molecule has 2 heteroatoms. The minimum Gasteiger partial charge on any atom is -0.385 e. The molecule has 4 saturated carbocycles. The molecule has 4 fully saturated rings. The summed E-state index contributed by atoms with van der Waals surface area (Å²) in [7, 11) is 1.84. The number of methoxy groups -OCH3 is 1. The summed E-state index contributed by atoms with van der Waals surface area (Å²) in [4.78, 5) is 0. The van der Waals surface area contributed by atoms with E-state index >= 15 is 0 Å². The Morgan fingerprint density at radius 2 is 1.74 bits per heavy atom. The summed E-state index contributed by atoms with van der Waals surface area (Å²) in [5.41, 5.74) is 8.69.